The Bertz CT molecular complexity index is 24.5. The zero-order valence-electron chi connectivity index (χ0n) is 7.43. The van der Waals surface area contributed by atoms with Crippen molar-refractivity contribution in [1.82, 2.24) is 0 Å². The quantitative estimate of drug-likeness (QED) is 0.253. The molecule has 0 spiro atoms. The molecule has 0 unspecified atom stereocenters. The second-order valence-electron chi connectivity index (χ2n) is 0.105. The Hall–Kier alpha value is 2.47. The van der Waals surface area contributed by atoms with Gasteiger partial charge in [-0.2, -0.15) is 0 Å². The normalized spacial score (nSPS) is 2.00. The van der Waals surface area contributed by atoms with Crippen molar-refractivity contribution >= 4 is 6.47 Å². The molecule has 0 aliphatic rings. The standard InChI is InChI=1S/CH2O2.3Na.3H/c2-1-3;;;;;;/h1H,(H,2,3);;;;;;/q;3*+1;3*-1. The van der Waals surface area contributed by atoms with Crippen molar-refractivity contribution in [1.29, 1.82) is 0 Å². The Morgan fingerprint density at radius 1 is 1.33 bits per heavy atom. The summed E-state index contributed by atoms with van der Waals surface area (Å²) in [5, 5.41) is 6.89. The first-order chi connectivity index (χ1) is 1.41. The molecular weight excluding hydrogens is 113 g/mol. The molecule has 6 heavy (non-hydrogen) atoms. The monoisotopic (exact) mass is 118 g/mol. The molecule has 0 aromatic heterocycles. The van der Waals surface area contributed by atoms with Gasteiger partial charge in [-0.05, 0) is 0 Å². The third-order valence-corrected chi connectivity index (χ3v) is 0. The number of hydrogen-bond acceptors (Lipinski definition) is 1. The molecule has 0 amide bonds. The third kappa shape index (κ3) is 31.7. The predicted octanol–water partition coefficient (Wildman–Crippen LogP) is -8.95. The van der Waals surface area contributed by atoms with Crippen LogP contribution in [0.3, 0.4) is 0 Å². The van der Waals surface area contributed by atoms with Crippen LogP contribution in [0, 0.1) is 0 Å². The molecule has 0 aliphatic heterocycles. The fourth-order valence-electron chi connectivity index (χ4n) is 0. The van der Waals surface area contributed by atoms with E-state index in [4.69, 9.17) is 9.90 Å². The average Bonchev–Trinajstić information content (AvgIpc) is 0.918. The molecular formula is CH5Na3O2. The Morgan fingerprint density at radius 3 is 1.33 bits per heavy atom. The first-order valence-electron chi connectivity index (χ1n) is 0.494. The van der Waals surface area contributed by atoms with Gasteiger partial charge in [-0.25, -0.2) is 0 Å². The summed E-state index contributed by atoms with van der Waals surface area (Å²) < 4.78 is 0. The van der Waals surface area contributed by atoms with Crippen LogP contribution in [-0.4, -0.2) is 11.6 Å². The van der Waals surface area contributed by atoms with Gasteiger partial charge in [-0.1, -0.05) is 0 Å². The summed E-state index contributed by atoms with van der Waals surface area (Å²) in [7, 11) is 0. The van der Waals surface area contributed by atoms with E-state index >= 15 is 0 Å². The van der Waals surface area contributed by atoms with Crippen LogP contribution in [0.4, 0.5) is 0 Å². The molecule has 0 aliphatic carbocycles. The van der Waals surface area contributed by atoms with Crippen LogP contribution >= 0.6 is 0 Å². The molecule has 0 saturated heterocycles. The van der Waals surface area contributed by atoms with E-state index in [9.17, 15) is 0 Å². The molecule has 0 heterocycles. The minimum Gasteiger partial charge on any atom is -1.00 e. The van der Waals surface area contributed by atoms with Gasteiger partial charge >= 0.3 is 88.7 Å². The Balaban J connectivity index is -0.00000000133. The van der Waals surface area contributed by atoms with Gasteiger partial charge < -0.3 is 9.39 Å². The topological polar surface area (TPSA) is 37.3 Å². The van der Waals surface area contributed by atoms with Crippen molar-refractivity contribution in [3.63, 3.8) is 0 Å². The summed E-state index contributed by atoms with van der Waals surface area (Å²) in [6, 6.07) is 0. The van der Waals surface area contributed by atoms with E-state index in [1.165, 1.54) is 0 Å². The van der Waals surface area contributed by atoms with Crippen LogP contribution in [0.2, 0.25) is 0 Å². The molecule has 1 N–H and O–H groups in total. The van der Waals surface area contributed by atoms with E-state index < -0.39 is 0 Å². The molecule has 0 aromatic carbocycles. The number of rotatable bonds is 0. The van der Waals surface area contributed by atoms with Gasteiger partial charge in [0.15, 0.2) is 0 Å². The molecule has 0 saturated carbocycles. The van der Waals surface area contributed by atoms with Gasteiger partial charge in [0.1, 0.15) is 0 Å². The van der Waals surface area contributed by atoms with E-state index in [2.05, 4.69) is 0 Å². The molecule has 0 rings (SSSR count). The van der Waals surface area contributed by atoms with Gasteiger partial charge in [0.25, 0.3) is 6.47 Å². The zero-order chi connectivity index (χ0) is 2.71. The summed E-state index contributed by atoms with van der Waals surface area (Å²) in [5.41, 5.74) is 0. The molecule has 0 aromatic rings. The van der Waals surface area contributed by atoms with Crippen molar-refractivity contribution in [2.24, 2.45) is 0 Å². The Labute approximate surface area is 107 Å². The summed E-state index contributed by atoms with van der Waals surface area (Å²) in [5.74, 6) is 0. The number of carbonyl (C=O) groups is 1. The molecule has 5 heteroatoms. The fourth-order valence-corrected chi connectivity index (χ4v) is 0. The second kappa shape index (κ2) is 26.0. The number of hydrogen-bond donors (Lipinski definition) is 1. The van der Waals surface area contributed by atoms with Crippen molar-refractivity contribution < 1.29 is 103 Å². The van der Waals surface area contributed by atoms with E-state index in [1.54, 1.807) is 0 Å². The van der Waals surface area contributed by atoms with Gasteiger partial charge in [0.2, 0.25) is 0 Å². The summed E-state index contributed by atoms with van der Waals surface area (Å²) in [6.07, 6.45) is 0. The van der Waals surface area contributed by atoms with Gasteiger partial charge in [-0.3, -0.25) is 4.79 Å². The first kappa shape index (κ1) is 23.7. The molecule has 0 fully saturated rings. The Morgan fingerprint density at radius 2 is 1.33 bits per heavy atom. The van der Waals surface area contributed by atoms with E-state index in [0.29, 0.717) is 0 Å². The van der Waals surface area contributed by atoms with Crippen LogP contribution in [0.25, 0.3) is 0 Å². The number of carboxylic acid groups (broad SMARTS) is 1. The maximum absolute atomic E-state index is 8.36. The third-order valence-electron chi connectivity index (χ3n) is 0. The zero-order valence-corrected chi connectivity index (χ0v) is 10.4. The molecule has 2 nitrogen and oxygen atoms in total. The van der Waals surface area contributed by atoms with Crippen molar-refractivity contribution in [2.45, 2.75) is 0 Å². The SMILES string of the molecule is O=CO.[H-].[H-].[H-].[Na+].[Na+].[Na+]. The predicted molar refractivity (Wildman–Crippen MR) is 12.0 cm³/mol. The molecule has 0 atom stereocenters. The largest absolute Gasteiger partial charge is 1.00 e. The van der Waals surface area contributed by atoms with Crippen LogP contribution in [-0.2, 0) is 4.79 Å². The van der Waals surface area contributed by atoms with Crippen LogP contribution in [0.1, 0.15) is 4.28 Å². The minimum atomic E-state index is -0.250. The van der Waals surface area contributed by atoms with Gasteiger partial charge in [-0.15, -0.1) is 0 Å². The molecule has 0 bridgehead atoms. The van der Waals surface area contributed by atoms with Crippen molar-refractivity contribution in [3.05, 3.63) is 0 Å². The summed E-state index contributed by atoms with van der Waals surface area (Å²) >= 11 is 0. The summed E-state index contributed by atoms with van der Waals surface area (Å²) in [6.45, 7) is -0.250. The van der Waals surface area contributed by atoms with E-state index in [1.807, 2.05) is 0 Å². The van der Waals surface area contributed by atoms with Gasteiger partial charge in [0, 0.05) is 0 Å². The van der Waals surface area contributed by atoms with E-state index in [-0.39, 0.29) is 99.4 Å². The van der Waals surface area contributed by atoms with Crippen LogP contribution in [0.5, 0.6) is 0 Å². The van der Waals surface area contributed by atoms with Gasteiger partial charge in [0.05, 0.1) is 0 Å². The minimum absolute atomic E-state index is 0. The first-order valence-corrected chi connectivity index (χ1v) is 0.494. The maximum Gasteiger partial charge on any atom is 1.00 e. The Kier molecular flexibility index (Phi) is 102. The van der Waals surface area contributed by atoms with E-state index in [0.717, 1.165) is 0 Å². The second-order valence-corrected chi connectivity index (χ2v) is 0.105. The average molecular weight is 118 g/mol. The maximum atomic E-state index is 8.36. The van der Waals surface area contributed by atoms with Crippen molar-refractivity contribution in [3.8, 4) is 0 Å². The summed E-state index contributed by atoms with van der Waals surface area (Å²) in [4.78, 5) is 8.36. The molecule has 0 radical (unpaired) electrons. The van der Waals surface area contributed by atoms with Crippen LogP contribution < -0.4 is 88.7 Å². The van der Waals surface area contributed by atoms with Crippen LogP contribution in [0.15, 0.2) is 0 Å². The van der Waals surface area contributed by atoms with Crippen molar-refractivity contribution in [2.75, 3.05) is 0 Å². The molecule has 24 valence electrons. The smallest absolute Gasteiger partial charge is 1.00 e. The fraction of sp³-hybridized carbons (Fsp3) is 0.